The fraction of sp³-hybridized carbons (Fsp3) is 0.684. The van der Waals surface area contributed by atoms with Crippen molar-refractivity contribution < 1.29 is 0 Å². The van der Waals surface area contributed by atoms with Gasteiger partial charge in [0.1, 0.15) is 0 Å². The normalized spacial score (nSPS) is 21.5. The molecule has 0 spiro atoms. The number of hydrogen-bond donors (Lipinski definition) is 1. The van der Waals surface area contributed by atoms with Crippen molar-refractivity contribution in [3.63, 3.8) is 0 Å². The molecule has 0 aliphatic heterocycles. The smallest absolute Gasteiger partial charge is 0.00884 e. The predicted molar refractivity (Wildman–Crippen MR) is 96.4 cm³/mol. The number of hydrogen-bond acceptors (Lipinski definition) is 2. The van der Waals surface area contributed by atoms with Crippen LogP contribution in [-0.2, 0) is 11.8 Å². The third-order valence-electron chi connectivity index (χ3n) is 4.64. The van der Waals surface area contributed by atoms with Gasteiger partial charge in [0.25, 0.3) is 0 Å². The summed E-state index contributed by atoms with van der Waals surface area (Å²) < 4.78 is 0. The Kier molecular flexibility index (Phi) is 6.63. The molecule has 0 bridgehead atoms. The van der Waals surface area contributed by atoms with E-state index < -0.39 is 0 Å². The van der Waals surface area contributed by atoms with Gasteiger partial charge >= 0.3 is 0 Å². The highest BCUT2D eigenvalue weighted by atomic mass is 32.2. The molecule has 1 N–H and O–H groups in total. The molecule has 0 heterocycles. The van der Waals surface area contributed by atoms with Crippen LogP contribution in [0.5, 0.6) is 0 Å². The Balaban J connectivity index is 2.15. The minimum Gasteiger partial charge on any atom is -0.316 e. The van der Waals surface area contributed by atoms with Crippen LogP contribution in [0.4, 0.5) is 0 Å². The van der Waals surface area contributed by atoms with Crippen LogP contribution in [0.3, 0.4) is 0 Å². The number of rotatable bonds is 8. The maximum absolute atomic E-state index is 3.75. The van der Waals surface area contributed by atoms with Crippen LogP contribution < -0.4 is 5.32 Å². The lowest BCUT2D eigenvalue weighted by Gasteiger charge is -2.40. The first-order valence-corrected chi connectivity index (χ1v) is 9.70. The van der Waals surface area contributed by atoms with Gasteiger partial charge < -0.3 is 5.32 Å². The molecule has 1 aromatic rings. The lowest BCUT2D eigenvalue weighted by molar-refractivity contribution is 0.324. The molecule has 2 heteroatoms. The SMILES string of the molecule is CCSCCC1(CNCC(C)C)CCCc2ccccc21. The summed E-state index contributed by atoms with van der Waals surface area (Å²) in [6.45, 7) is 9.13. The first kappa shape index (κ1) is 16.9. The van der Waals surface area contributed by atoms with Gasteiger partial charge in [-0.3, -0.25) is 0 Å². The summed E-state index contributed by atoms with van der Waals surface area (Å²) in [6.07, 6.45) is 5.27. The quantitative estimate of drug-likeness (QED) is 0.702. The second kappa shape index (κ2) is 8.24. The zero-order valence-electron chi connectivity index (χ0n) is 14.0. The number of aryl methyl sites for hydroxylation is 1. The Morgan fingerprint density at radius 2 is 2.10 bits per heavy atom. The Bertz CT molecular complexity index is 429. The van der Waals surface area contributed by atoms with E-state index in [1.165, 1.54) is 37.2 Å². The van der Waals surface area contributed by atoms with Crippen LogP contribution in [0.25, 0.3) is 0 Å². The fourth-order valence-corrected chi connectivity index (χ4v) is 4.37. The molecule has 1 aliphatic rings. The molecule has 21 heavy (non-hydrogen) atoms. The van der Waals surface area contributed by atoms with Crippen molar-refractivity contribution in [1.29, 1.82) is 0 Å². The molecule has 1 unspecified atom stereocenters. The van der Waals surface area contributed by atoms with E-state index in [1.807, 2.05) is 0 Å². The summed E-state index contributed by atoms with van der Waals surface area (Å²) in [4.78, 5) is 0. The van der Waals surface area contributed by atoms with E-state index in [1.54, 1.807) is 11.1 Å². The molecule has 0 radical (unpaired) electrons. The van der Waals surface area contributed by atoms with Gasteiger partial charge in [-0.2, -0.15) is 11.8 Å². The predicted octanol–water partition coefficient (Wildman–Crippen LogP) is 4.65. The summed E-state index contributed by atoms with van der Waals surface area (Å²) in [5, 5.41) is 3.75. The summed E-state index contributed by atoms with van der Waals surface area (Å²) >= 11 is 2.09. The standard InChI is InChI=1S/C19H31NS/c1-4-21-13-12-19(15-20-14-16(2)3)11-7-9-17-8-5-6-10-18(17)19/h5-6,8,10,16,20H,4,7,9,11-15H2,1-3H3. The van der Waals surface area contributed by atoms with Crippen molar-refractivity contribution >= 4 is 11.8 Å². The van der Waals surface area contributed by atoms with Gasteiger partial charge in [-0.25, -0.2) is 0 Å². The molecule has 0 aromatic heterocycles. The lowest BCUT2D eigenvalue weighted by atomic mass is 9.68. The van der Waals surface area contributed by atoms with Crippen molar-refractivity contribution in [2.75, 3.05) is 24.6 Å². The third kappa shape index (κ3) is 4.50. The molecule has 118 valence electrons. The van der Waals surface area contributed by atoms with E-state index in [9.17, 15) is 0 Å². The second-order valence-corrected chi connectivity index (χ2v) is 8.16. The zero-order chi connectivity index (χ0) is 15.1. The van der Waals surface area contributed by atoms with Crippen molar-refractivity contribution in [1.82, 2.24) is 5.32 Å². The molecular formula is C19H31NS. The minimum absolute atomic E-state index is 0.367. The molecule has 1 aromatic carbocycles. The minimum atomic E-state index is 0.367. The number of fused-ring (bicyclic) bond motifs is 1. The monoisotopic (exact) mass is 305 g/mol. The van der Waals surface area contributed by atoms with Crippen LogP contribution >= 0.6 is 11.8 Å². The molecule has 1 nitrogen and oxygen atoms in total. The van der Waals surface area contributed by atoms with Crippen molar-refractivity contribution in [3.8, 4) is 0 Å². The summed E-state index contributed by atoms with van der Waals surface area (Å²) in [5.41, 5.74) is 3.59. The van der Waals surface area contributed by atoms with Gasteiger partial charge in [0.05, 0.1) is 0 Å². The van der Waals surface area contributed by atoms with Gasteiger partial charge in [0, 0.05) is 12.0 Å². The number of benzene rings is 1. The van der Waals surface area contributed by atoms with Gasteiger partial charge in [0.2, 0.25) is 0 Å². The zero-order valence-corrected chi connectivity index (χ0v) is 14.8. The Morgan fingerprint density at radius 3 is 2.86 bits per heavy atom. The van der Waals surface area contributed by atoms with Crippen LogP contribution in [0.2, 0.25) is 0 Å². The highest BCUT2D eigenvalue weighted by molar-refractivity contribution is 7.99. The molecule has 0 saturated carbocycles. The van der Waals surface area contributed by atoms with Crippen molar-refractivity contribution in [3.05, 3.63) is 35.4 Å². The molecular weight excluding hydrogens is 274 g/mol. The van der Waals surface area contributed by atoms with Crippen LogP contribution in [-0.4, -0.2) is 24.6 Å². The number of nitrogens with one attached hydrogen (secondary N) is 1. The molecule has 1 atom stereocenters. The Morgan fingerprint density at radius 1 is 1.29 bits per heavy atom. The summed E-state index contributed by atoms with van der Waals surface area (Å²) in [6, 6.07) is 9.17. The maximum atomic E-state index is 3.75. The fourth-order valence-electron chi connectivity index (χ4n) is 3.55. The highest BCUT2D eigenvalue weighted by Crippen LogP contribution is 2.40. The Labute approximate surface area is 135 Å². The molecule has 0 amide bonds. The third-order valence-corrected chi connectivity index (χ3v) is 5.54. The van der Waals surface area contributed by atoms with E-state index in [4.69, 9.17) is 0 Å². The maximum Gasteiger partial charge on any atom is 0.00884 e. The van der Waals surface area contributed by atoms with Crippen molar-refractivity contribution in [2.24, 2.45) is 5.92 Å². The van der Waals surface area contributed by atoms with E-state index >= 15 is 0 Å². The van der Waals surface area contributed by atoms with E-state index in [-0.39, 0.29) is 0 Å². The molecule has 2 rings (SSSR count). The number of thioether (sulfide) groups is 1. The molecule has 0 fully saturated rings. The summed E-state index contributed by atoms with van der Waals surface area (Å²) in [5.74, 6) is 3.25. The van der Waals surface area contributed by atoms with Gasteiger partial charge in [-0.05, 0) is 60.8 Å². The van der Waals surface area contributed by atoms with Crippen LogP contribution in [0.1, 0.15) is 51.2 Å². The first-order chi connectivity index (χ1) is 10.2. The van der Waals surface area contributed by atoms with Gasteiger partial charge in [0.15, 0.2) is 0 Å². The van der Waals surface area contributed by atoms with Crippen LogP contribution in [0, 0.1) is 5.92 Å². The average Bonchev–Trinajstić information content (AvgIpc) is 2.48. The average molecular weight is 306 g/mol. The highest BCUT2D eigenvalue weighted by Gasteiger charge is 2.35. The Hall–Kier alpha value is -0.470. The lowest BCUT2D eigenvalue weighted by Crippen LogP contribution is -2.42. The van der Waals surface area contributed by atoms with Gasteiger partial charge in [-0.15, -0.1) is 0 Å². The van der Waals surface area contributed by atoms with Crippen LogP contribution in [0.15, 0.2) is 24.3 Å². The molecule has 0 saturated heterocycles. The first-order valence-electron chi connectivity index (χ1n) is 8.55. The van der Waals surface area contributed by atoms with Gasteiger partial charge in [-0.1, -0.05) is 45.0 Å². The van der Waals surface area contributed by atoms with Crippen molar-refractivity contribution in [2.45, 2.75) is 51.9 Å². The molecule has 1 aliphatic carbocycles. The van der Waals surface area contributed by atoms with E-state index in [2.05, 4.69) is 62.1 Å². The topological polar surface area (TPSA) is 12.0 Å². The van der Waals surface area contributed by atoms with E-state index in [0.717, 1.165) is 19.0 Å². The second-order valence-electron chi connectivity index (χ2n) is 6.76. The summed E-state index contributed by atoms with van der Waals surface area (Å²) in [7, 11) is 0. The largest absolute Gasteiger partial charge is 0.316 e. The van der Waals surface area contributed by atoms with E-state index in [0.29, 0.717) is 5.41 Å².